The lowest BCUT2D eigenvalue weighted by Crippen LogP contribution is -2.21. The van der Waals surface area contributed by atoms with Gasteiger partial charge in [-0.15, -0.1) is 0 Å². The molecule has 2 N–H and O–H groups in total. The first-order valence-electron chi connectivity index (χ1n) is 9.48. The molecule has 0 radical (unpaired) electrons. The number of ether oxygens (including phenoxy) is 1. The Bertz CT molecular complexity index is 1140. The lowest BCUT2D eigenvalue weighted by molar-refractivity contribution is 0.0732. The van der Waals surface area contributed by atoms with Gasteiger partial charge in [0.15, 0.2) is 0 Å². The van der Waals surface area contributed by atoms with Crippen LogP contribution < -0.4 is 15.4 Å². The van der Waals surface area contributed by atoms with Crippen LogP contribution in [0.25, 0.3) is 0 Å². The number of benzene rings is 3. The second-order valence-electron chi connectivity index (χ2n) is 6.49. The predicted octanol–water partition coefficient (Wildman–Crippen LogP) is 3.02. The highest BCUT2D eigenvalue weighted by molar-refractivity contribution is 6.00. The van der Waals surface area contributed by atoms with Crippen LogP contribution in [0.1, 0.15) is 42.2 Å². The fourth-order valence-electron chi connectivity index (χ4n) is 2.73. The Kier molecular flexibility index (Phi) is 6.82. The van der Waals surface area contributed by atoms with Gasteiger partial charge in [0.25, 0.3) is 11.8 Å². The summed E-state index contributed by atoms with van der Waals surface area (Å²) < 4.78 is 5.41. The summed E-state index contributed by atoms with van der Waals surface area (Å²) in [6, 6.07) is 20.5. The Hall–Kier alpha value is -4.37. The molecule has 154 valence electrons. The monoisotopic (exact) mass is 412 g/mol. The summed E-state index contributed by atoms with van der Waals surface area (Å²) in [5.41, 5.74) is 2.38. The molecule has 0 saturated carbocycles. The zero-order chi connectivity index (χ0) is 22.2. The number of esters is 1. The highest BCUT2D eigenvalue weighted by atomic mass is 16.5. The van der Waals surface area contributed by atoms with Crippen molar-refractivity contribution in [1.82, 2.24) is 10.6 Å². The second-order valence-corrected chi connectivity index (χ2v) is 6.49. The summed E-state index contributed by atoms with van der Waals surface area (Å²) >= 11 is 0. The van der Waals surface area contributed by atoms with Crippen molar-refractivity contribution in [2.45, 2.75) is 0 Å². The number of carbonyl (C=O) groups excluding carboxylic acids is 3. The van der Waals surface area contributed by atoms with E-state index in [1.54, 1.807) is 24.3 Å². The molecule has 2 amide bonds. The Morgan fingerprint density at radius 3 is 1.71 bits per heavy atom. The van der Waals surface area contributed by atoms with E-state index in [1.165, 1.54) is 32.3 Å². The van der Waals surface area contributed by atoms with Crippen molar-refractivity contribution < 1.29 is 19.1 Å². The van der Waals surface area contributed by atoms with Crippen LogP contribution >= 0.6 is 0 Å². The molecular weight excluding hydrogens is 392 g/mol. The first kappa shape index (κ1) is 21.3. The average Bonchev–Trinajstić information content (AvgIpc) is 2.82. The van der Waals surface area contributed by atoms with Gasteiger partial charge in [0, 0.05) is 36.3 Å². The quantitative estimate of drug-likeness (QED) is 0.392. The van der Waals surface area contributed by atoms with E-state index in [-0.39, 0.29) is 16.9 Å². The molecule has 0 fully saturated rings. The lowest BCUT2D eigenvalue weighted by atomic mass is 10.1. The minimum absolute atomic E-state index is 0.0950. The molecule has 31 heavy (non-hydrogen) atoms. The van der Waals surface area contributed by atoms with E-state index in [1.807, 2.05) is 30.3 Å². The molecule has 3 aromatic carbocycles. The van der Waals surface area contributed by atoms with Crippen LogP contribution in [0.2, 0.25) is 0 Å². The molecule has 0 spiro atoms. The van der Waals surface area contributed by atoms with Crippen LogP contribution in [0.3, 0.4) is 0 Å². The van der Waals surface area contributed by atoms with Crippen LogP contribution in [0.4, 0.5) is 0 Å². The molecule has 0 saturated heterocycles. The van der Waals surface area contributed by atoms with Gasteiger partial charge in [-0.05, 0) is 54.6 Å². The summed E-state index contributed by atoms with van der Waals surface area (Å²) in [5, 5.41) is 4.97. The molecule has 3 aromatic rings. The molecule has 6 nitrogen and oxygen atoms in total. The van der Waals surface area contributed by atoms with Crippen molar-refractivity contribution in [1.29, 1.82) is 0 Å². The Balaban J connectivity index is 1.79. The second kappa shape index (κ2) is 9.90. The minimum Gasteiger partial charge on any atom is -0.423 e. The third-order valence-corrected chi connectivity index (χ3v) is 4.34. The molecule has 0 aromatic heterocycles. The SMILES string of the molecule is CNC(=O)c1cc(OC(=O)c2ccc(C#Cc3ccccc3)cc2)cc(C(=O)NC)c1. The Morgan fingerprint density at radius 1 is 0.677 bits per heavy atom. The zero-order valence-electron chi connectivity index (χ0n) is 17.1. The topological polar surface area (TPSA) is 84.5 Å². The van der Waals surface area contributed by atoms with Gasteiger partial charge in [-0.1, -0.05) is 30.0 Å². The van der Waals surface area contributed by atoms with E-state index < -0.39 is 17.8 Å². The van der Waals surface area contributed by atoms with Gasteiger partial charge in [0.1, 0.15) is 5.75 Å². The molecule has 0 aliphatic heterocycles. The van der Waals surface area contributed by atoms with Crippen LogP contribution in [-0.4, -0.2) is 31.9 Å². The van der Waals surface area contributed by atoms with Crippen molar-refractivity contribution in [3.63, 3.8) is 0 Å². The normalized spacial score (nSPS) is 9.74. The van der Waals surface area contributed by atoms with Crippen LogP contribution in [0, 0.1) is 11.8 Å². The van der Waals surface area contributed by atoms with Gasteiger partial charge in [-0.3, -0.25) is 9.59 Å². The van der Waals surface area contributed by atoms with Gasteiger partial charge in [0.2, 0.25) is 0 Å². The standard InChI is InChI=1S/C25H20N2O4/c1-26-23(28)20-14-21(24(29)27-2)16-22(15-20)31-25(30)19-12-10-18(11-13-19)9-8-17-6-4-3-5-7-17/h3-7,10-16H,1-2H3,(H,26,28)(H,27,29). The molecular formula is C25H20N2O4. The summed E-state index contributed by atoms with van der Waals surface area (Å²) in [6.45, 7) is 0. The largest absolute Gasteiger partial charge is 0.423 e. The van der Waals surface area contributed by atoms with E-state index in [0.717, 1.165) is 11.1 Å². The van der Waals surface area contributed by atoms with Gasteiger partial charge in [-0.2, -0.15) is 0 Å². The van der Waals surface area contributed by atoms with E-state index in [0.29, 0.717) is 5.56 Å². The van der Waals surface area contributed by atoms with Crippen molar-refractivity contribution >= 4 is 17.8 Å². The van der Waals surface area contributed by atoms with Gasteiger partial charge in [0.05, 0.1) is 5.56 Å². The molecule has 0 bridgehead atoms. The number of rotatable bonds is 4. The molecule has 0 aliphatic carbocycles. The van der Waals surface area contributed by atoms with Gasteiger partial charge in [-0.25, -0.2) is 4.79 Å². The van der Waals surface area contributed by atoms with Crippen LogP contribution in [0.15, 0.2) is 72.8 Å². The number of hydrogen-bond donors (Lipinski definition) is 2. The molecule has 0 atom stereocenters. The highest BCUT2D eigenvalue weighted by Crippen LogP contribution is 2.19. The van der Waals surface area contributed by atoms with Crippen LogP contribution in [-0.2, 0) is 0 Å². The number of nitrogens with one attached hydrogen (secondary N) is 2. The molecule has 6 heteroatoms. The first-order valence-corrected chi connectivity index (χ1v) is 9.48. The maximum Gasteiger partial charge on any atom is 0.343 e. The summed E-state index contributed by atoms with van der Waals surface area (Å²) in [7, 11) is 2.95. The molecule has 0 aliphatic rings. The third-order valence-electron chi connectivity index (χ3n) is 4.34. The van der Waals surface area contributed by atoms with E-state index in [4.69, 9.17) is 4.74 Å². The molecule has 3 rings (SSSR count). The summed E-state index contributed by atoms with van der Waals surface area (Å²) in [4.78, 5) is 36.5. The Morgan fingerprint density at radius 2 is 1.19 bits per heavy atom. The zero-order valence-corrected chi connectivity index (χ0v) is 17.1. The smallest absolute Gasteiger partial charge is 0.343 e. The molecule has 0 unspecified atom stereocenters. The van der Waals surface area contributed by atoms with Gasteiger partial charge >= 0.3 is 5.97 Å². The number of hydrogen-bond acceptors (Lipinski definition) is 4. The number of carbonyl (C=O) groups is 3. The summed E-state index contributed by atoms with van der Waals surface area (Å²) in [5.74, 6) is 4.78. The number of amides is 2. The van der Waals surface area contributed by atoms with E-state index in [9.17, 15) is 14.4 Å². The average molecular weight is 412 g/mol. The maximum absolute atomic E-state index is 12.5. The van der Waals surface area contributed by atoms with Crippen molar-refractivity contribution in [2.24, 2.45) is 0 Å². The van der Waals surface area contributed by atoms with Crippen molar-refractivity contribution in [3.05, 3.63) is 101 Å². The Labute approximate surface area is 180 Å². The fourth-order valence-corrected chi connectivity index (χ4v) is 2.73. The summed E-state index contributed by atoms with van der Waals surface area (Å²) in [6.07, 6.45) is 0. The van der Waals surface area contributed by atoms with Gasteiger partial charge < -0.3 is 15.4 Å². The predicted molar refractivity (Wildman–Crippen MR) is 117 cm³/mol. The van der Waals surface area contributed by atoms with Crippen LogP contribution in [0.5, 0.6) is 5.75 Å². The van der Waals surface area contributed by atoms with E-state index in [2.05, 4.69) is 22.5 Å². The lowest BCUT2D eigenvalue weighted by Gasteiger charge is -2.09. The first-order chi connectivity index (χ1) is 15.0. The highest BCUT2D eigenvalue weighted by Gasteiger charge is 2.15. The van der Waals surface area contributed by atoms with Crippen molar-refractivity contribution in [2.75, 3.05) is 14.1 Å². The van der Waals surface area contributed by atoms with Crippen molar-refractivity contribution in [3.8, 4) is 17.6 Å². The minimum atomic E-state index is -0.612. The third kappa shape index (κ3) is 5.58. The molecule has 0 heterocycles. The maximum atomic E-state index is 12.5. The van der Waals surface area contributed by atoms with E-state index >= 15 is 0 Å². The fraction of sp³-hybridized carbons (Fsp3) is 0.0800.